The smallest absolute Gasteiger partial charge is 0.305 e. The van der Waals surface area contributed by atoms with E-state index in [1.54, 1.807) is 30.3 Å². The second kappa shape index (κ2) is 10.1. The number of pyridine rings is 1. The van der Waals surface area contributed by atoms with Crippen molar-refractivity contribution in [1.82, 2.24) is 15.3 Å². The molecule has 0 saturated heterocycles. The number of amides is 1. The number of aliphatic hydroxyl groups is 2. The maximum absolute atomic E-state index is 14.2. The first-order valence-corrected chi connectivity index (χ1v) is 11.0. The number of rotatable bonds is 9. The first-order chi connectivity index (χ1) is 16.7. The molecule has 2 aromatic heterocycles. The Morgan fingerprint density at radius 3 is 2.57 bits per heavy atom. The molecular formula is C25H24FN3O6. The number of H-pyrrole nitrogens is 2. The lowest BCUT2D eigenvalue weighted by atomic mass is 10.1. The number of aromatic nitrogens is 2. The second-order valence-corrected chi connectivity index (χ2v) is 8.38. The predicted molar refractivity (Wildman–Crippen MR) is 128 cm³/mol. The van der Waals surface area contributed by atoms with Crippen LogP contribution in [0.4, 0.5) is 4.39 Å². The largest absolute Gasteiger partial charge is 0.481 e. The number of aliphatic carboxylic acids is 1. The van der Waals surface area contributed by atoms with Crippen LogP contribution in [0.3, 0.4) is 0 Å². The van der Waals surface area contributed by atoms with Crippen molar-refractivity contribution in [2.45, 2.75) is 31.5 Å². The van der Waals surface area contributed by atoms with Gasteiger partial charge in [0.15, 0.2) is 0 Å². The zero-order valence-electron chi connectivity index (χ0n) is 18.5. The Morgan fingerprint density at radius 1 is 1.00 bits per heavy atom. The molecular weight excluding hydrogens is 457 g/mol. The number of hydrogen-bond donors (Lipinski definition) is 6. The normalized spacial score (nSPS) is 13.1. The molecule has 0 saturated carbocycles. The van der Waals surface area contributed by atoms with E-state index >= 15 is 0 Å². The summed E-state index contributed by atoms with van der Waals surface area (Å²) >= 11 is 0. The molecule has 2 heterocycles. The van der Waals surface area contributed by atoms with Gasteiger partial charge in [-0.25, -0.2) is 4.39 Å². The molecule has 1 amide bonds. The maximum Gasteiger partial charge on any atom is 0.305 e. The Morgan fingerprint density at radius 2 is 1.80 bits per heavy atom. The van der Waals surface area contributed by atoms with Crippen molar-refractivity contribution in [3.8, 4) is 11.3 Å². The highest BCUT2D eigenvalue weighted by molar-refractivity contribution is 5.99. The van der Waals surface area contributed by atoms with E-state index in [0.29, 0.717) is 27.7 Å². The minimum atomic E-state index is -1.16. The summed E-state index contributed by atoms with van der Waals surface area (Å²) in [5.74, 6) is -1.98. The van der Waals surface area contributed by atoms with Gasteiger partial charge in [0.25, 0.3) is 11.5 Å². The summed E-state index contributed by atoms with van der Waals surface area (Å²) in [7, 11) is 0. The van der Waals surface area contributed by atoms with Crippen LogP contribution >= 0.6 is 0 Å². The van der Waals surface area contributed by atoms with Gasteiger partial charge in [-0.15, -0.1) is 0 Å². The fourth-order valence-electron chi connectivity index (χ4n) is 3.98. The minimum Gasteiger partial charge on any atom is -0.481 e. The van der Waals surface area contributed by atoms with Gasteiger partial charge in [0.2, 0.25) is 0 Å². The van der Waals surface area contributed by atoms with Crippen molar-refractivity contribution in [2.75, 3.05) is 6.54 Å². The number of halogens is 1. The Labute approximate surface area is 198 Å². The number of aliphatic hydroxyl groups excluding tert-OH is 2. The lowest BCUT2D eigenvalue weighted by molar-refractivity contribution is -0.139. The SMILES string of the molecule is O=C(O)CC(O)CC(O)CCNC(=O)c1ccc2cc(-c3cc4c(F)cccc4[nH]c3=O)[nH]c2c1. The molecule has 0 aliphatic heterocycles. The average molecular weight is 481 g/mol. The van der Waals surface area contributed by atoms with Gasteiger partial charge in [-0.05, 0) is 49.2 Å². The van der Waals surface area contributed by atoms with E-state index in [1.165, 1.54) is 18.2 Å². The summed E-state index contributed by atoms with van der Waals surface area (Å²) in [5, 5.41) is 31.9. The zero-order valence-corrected chi connectivity index (χ0v) is 18.5. The van der Waals surface area contributed by atoms with Crippen LogP contribution < -0.4 is 10.9 Å². The van der Waals surface area contributed by atoms with Crippen LogP contribution in [-0.4, -0.2) is 55.9 Å². The number of carbonyl (C=O) groups excluding carboxylic acids is 1. The highest BCUT2D eigenvalue weighted by atomic mass is 19.1. The van der Waals surface area contributed by atoms with Gasteiger partial charge < -0.3 is 30.6 Å². The number of nitrogens with one attached hydrogen (secondary N) is 3. The topological polar surface area (TPSA) is 156 Å². The summed E-state index contributed by atoms with van der Waals surface area (Å²) in [6.07, 6.45) is -2.52. The second-order valence-electron chi connectivity index (χ2n) is 8.38. The summed E-state index contributed by atoms with van der Waals surface area (Å²) in [5.41, 5.74) is 1.73. The van der Waals surface area contributed by atoms with Crippen LogP contribution in [-0.2, 0) is 4.79 Å². The third kappa shape index (κ3) is 5.56. The predicted octanol–water partition coefficient (Wildman–Crippen LogP) is 2.52. The van der Waals surface area contributed by atoms with E-state index < -0.39 is 30.4 Å². The van der Waals surface area contributed by atoms with E-state index in [4.69, 9.17) is 5.11 Å². The van der Waals surface area contributed by atoms with Crippen LogP contribution in [0.25, 0.3) is 33.1 Å². The van der Waals surface area contributed by atoms with Gasteiger partial charge in [-0.3, -0.25) is 14.4 Å². The van der Waals surface area contributed by atoms with E-state index in [-0.39, 0.29) is 36.4 Å². The van der Waals surface area contributed by atoms with Crippen molar-refractivity contribution in [3.05, 3.63) is 70.3 Å². The lowest BCUT2D eigenvalue weighted by Gasteiger charge is -2.14. The molecule has 0 bridgehead atoms. The molecule has 0 spiro atoms. The molecule has 10 heteroatoms. The zero-order chi connectivity index (χ0) is 25.1. The van der Waals surface area contributed by atoms with Crippen LogP contribution in [0.1, 0.15) is 29.6 Å². The minimum absolute atomic E-state index is 0.100. The van der Waals surface area contributed by atoms with E-state index in [9.17, 15) is 29.0 Å². The summed E-state index contributed by atoms with van der Waals surface area (Å²) in [6.45, 7) is 0.131. The van der Waals surface area contributed by atoms with E-state index in [0.717, 1.165) is 5.39 Å². The highest BCUT2D eigenvalue weighted by Crippen LogP contribution is 2.25. The average Bonchev–Trinajstić information content (AvgIpc) is 3.21. The quantitative estimate of drug-likeness (QED) is 0.216. The van der Waals surface area contributed by atoms with Gasteiger partial charge in [0, 0.05) is 28.4 Å². The Hall–Kier alpha value is -4.02. The first-order valence-electron chi connectivity index (χ1n) is 11.0. The Kier molecular flexibility index (Phi) is 6.94. The molecule has 2 unspecified atom stereocenters. The van der Waals surface area contributed by atoms with Gasteiger partial charge in [0.05, 0.1) is 35.4 Å². The number of benzene rings is 2. The fraction of sp³-hybridized carbons (Fsp3) is 0.240. The van der Waals surface area contributed by atoms with Crippen molar-refractivity contribution in [1.29, 1.82) is 0 Å². The summed E-state index contributed by atoms with van der Waals surface area (Å²) < 4.78 is 14.2. The molecule has 2 aromatic carbocycles. The molecule has 0 radical (unpaired) electrons. The fourth-order valence-corrected chi connectivity index (χ4v) is 3.98. The Bertz CT molecular complexity index is 1460. The van der Waals surface area contributed by atoms with Crippen LogP contribution in [0.15, 0.2) is 53.3 Å². The molecule has 0 aliphatic rings. The van der Waals surface area contributed by atoms with Crippen molar-refractivity contribution >= 4 is 33.7 Å². The van der Waals surface area contributed by atoms with Gasteiger partial charge in [-0.2, -0.15) is 0 Å². The van der Waals surface area contributed by atoms with Gasteiger partial charge in [0.1, 0.15) is 5.82 Å². The highest BCUT2D eigenvalue weighted by Gasteiger charge is 2.16. The van der Waals surface area contributed by atoms with Gasteiger partial charge >= 0.3 is 5.97 Å². The maximum atomic E-state index is 14.2. The molecule has 0 aliphatic carbocycles. The number of carbonyl (C=O) groups is 2. The van der Waals surface area contributed by atoms with Crippen molar-refractivity contribution in [3.63, 3.8) is 0 Å². The Balaban J connectivity index is 1.45. The third-order valence-corrected chi connectivity index (χ3v) is 5.73. The molecule has 9 nitrogen and oxygen atoms in total. The van der Waals surface area contributed by atoms with Gasteiger partial charge in [-0.1, -0.05) is 12.1 Å². The van der Waals surface area contributed by atoms with Crippen molar-refractivity contribution in [2.24, 2.45) is 0 Å². The molecule has 4 rings (SSSR count). The number of hydrogen-bond acceptors (Lipinski definition) is 5. The standard InChI is InChI=1S/C25H24FN3O6/c26-19-2-1-3-20-17(19)12-18(25(35)29-20)22-8-13-4-5-14(9-21(13)28-22)24(34)27-7-6-15(30)10-16(31)11-23(32)33/h1-5,8-9,12,15-16,28,30-31H,6-7,10-11H2,(H,27,34)(H,29,35)(H,32,33). The van der Waals surface area contributed by atoms with Crippen LogP contribution in [0, 0.1) is 5.82 Å². The van der Waals surface area contributed by atoms with E-state index in [2.05, 4.69) is 15.3 Å². The molecule has 35 heavy (non-hydrogen) atoms. The molecule has 2 atom stereocenters. The lowest BCUT2D eigenvalue weighted by Crippen LogP contribution is -2.29. The first kappa shape index (κ1) is 24.1. The number of aromatic amines is 2. The summed E-state index contributed by atoms with van der Waals surface area (Å²) in [4.78, 5) is 41.4. The molecule has 4 aromatic rings. The number of carboxylic acid groups (broad SMARTS) is 1. The monoisotopic (exact) mass is 481 g/mol. The van der Waals surface area contributed by atoms with Crippen LogP contribution in [0.5, 0.6) is 0 Å². The molecule has 0 fully saturated rings. The molecule has 6 N–H and O–H groups in total. The number of carboxylic acids is 1. The number of fused-ring (bicyclic) bond motifs is 2. The van der Waals surface area contributed by atoms with E-state index in [1.807, 2.05) is 0 Å². The summed E-state index contributed by atoms with van der Waals surface area (Å²) in [6, 6.07) is 12.6. The molecule has 182 valence electrons. The van der Waals surface area contributed by atoms with Crippen molar-refractivity contribution < 1.29 is 29.3 Å². The third-order valence-electron chi connectivity index (χ3n) is 5.73. The van der Waals surface area contributed by atoms with Crippen LogP contribution in [0.2, 0.25) is 0 Å².